The van der Waals surface area contributed by atoms with Crippen LogP contribution in [0.2, 0.25) is 0 Å². The Labute approximate surface area is 182 Å². The van der Waals surface area contributed by atoms with E-state index < -0.39 is 29.1 Å². The first-order valence-electron chi connectivity index (χ1n) is 10.0. The Kier molecular flexibility index (Phi) is 7.06. The van der Waals surface area contributed by atoms with Crippen molar-refractivity contribution < 1.29 is 19.4 Å². The molecule has 3 rings (SSSR count). The lowest BCUT2D eigenvalue weighted by Gasteiger charge is -2.14. The standard InChI is InChI=1S/C22H24N2O6S/c1-3-4-10-15(20(26)27)12-24-18(25)16-11-17(31-19(16)23(2)22(24)29)21(28)30-13-14-8-6-5-7-9-14/h5-9,11,15H,3-4,10,12-13H2,1-2H3,(H,26,27). The molecule has 0 aliphatic heterocycles. The van der Waals surface area contributed by atoms with Crippen LogP contribution in [0, 0.1) is 5.92 Å². The number of benzene rings is 1. The van der Waals surface area contributed by atoms with Crippen molar-refractivity contribution in [3.8, 4) is 0 Å². The SMILES string of the molecule is CCCCC(Cn1c(=O)c2cc(C(=O)OCc3ccccc3)sc2n(C)c1=O)C(=O)O. The van der Waals surface area contributed by atoms with Gasteiger partial charge in [-0.3, -0.25) is 18.7 Å². The molecule has 2 aromatic heterocycles. The number of carbonyl (C=O) groups excluding carboxylic acids is 1. The van der Waals surface area contributed by atoms with Crippen molar-refractivity contribution in [3.05, 3.63) is 67.7 Å². The molecule has 164 valence electrons. The van der Waals surface area contributed by atoms with Gasteiger partial charge in [0, 0.05) is 13.6 Å². The minimum absolute atomic E-state index is 0.0921. The van der Waals surface area contributed by atoms with Crippen LogP contribution in [-0.4, -0.2) is 26.2 Å². The predicted molar refractivity (Wildman–Crippen MR) is 118 cm³/mol. The van der Waals surface area contributed by atoms with Crippen molar-refractivity contribution in [2.45, 2.75) is 39.3 Å². The Morgan fingerprint density at radius 3 is 2.55 bits per heavy atom. The third-order valence-electron chi connectivity index (χ3n) is 5.08. The summed E-state index contributed by atoms with van der Waals surface area (Å²) in [6.45, 7) is 1.83. The first-order chi connectivity index (χ1) is 14.8. The van der Waals surface area contributed by atoms with Crippen LogP contribution in [0.25, 0.3) is 10.2 Å². The highest BCUT2D eigenvalue weighted by Gasteiger charge is 2.23. The van der Waals surface area contributed by atoms with Gasteiger partial charge in [0.1, 0.15) is 16.3 Å². The minimum Gasteiger partial charge on any atom is -0.481 e. The van der Waals surface area contributed by atoms with Gasteiger partial charge in [-0.25, -0.2) is 9.59 Å². The zero-order chi connectivity index (χ0) is 22.5. The van der Waals surface area contributed by atoms with Gasteiger partial charge in [0.2, 0.25) is 0 Å². The van der Waals surface area contributed by atoms with Crippen molar-refractivity contribution in [3.63, 3.8) is 0 Å². The first-order valence-corrected chi connectivity index (χ1v) is 10.8. The topological polar surface area (TPSA) is 108 Å². The van der Waals surface area contributed by atoms with Crippen molar-refractivity contribution in [2.75, 3.05) is 0 Å². The van der Waals surface area contributed by atoms with E-state index in [0.29, 0.717) is 17.7 Å². The number of carboxylic acid groups (broad SMARTS) is 1. The second-order valence-electron chi connectivity index (χ2n) is 7.33. The van der Waals surface area contributed by atoms with Crippen LogP contribution in [0.3, 0.4) is 0 Å². The molecule has 8 nitrogen and oxygen atoms in total. The van der Waals surface area contributed by atoms with Crippen LogP contribution >= 0.6 is 11.3 Å². The number of esters is 1. The van der Waals surface area contributed by atoms with Crippen LogP contribution in [0.1, 0.15) is 41.4 Å². The zero-order valence-electron chi connectivity index (χ0n) is 17.4. The maximum Gasteiger partial charge on any atom is 0.348 e. The summed E-state index contributed by atoms with van der Waals surface area (Å²) in [5, 5.41) is 9.67. The van der Waals surface area contributed by atoms with Gasteiger partial charge in [-0.05, 0) is 18.1 Å². The molecule has 3 aromatic rings. The zero-order valence-corrected chi connectivity index (χ0v) is 18.2. The molecule has 9 heteroatoms. The molecule has 0 amide bonds. The normalized spacial score (nSPS) is 12.1. The number of carboxylic acids is 1. The number of aryl methyl sites for hydroxylation is 1. The van der Waals surface area contributed by atoms with E-state index in [1.54, 1.807) is 0 Å². The maximum absolute atomic E-state index is 13.0. The summed E-state index contributed by atoms with van der Waals surface area (Å²) in [7, 11) is 1.50. The summed E-state index contributed by atoms with van der Waals surface area (Å²) in [6, 6.07) is 10.6. The van der Waals surface area contributed by atoms with Crippen molar-refractivity contribution >= 4 is 33.5 Å². The number of thiophene rings is 1. The molecule has 0 bridgehead atoms. The van der Waals surface area contributed by atoms with Gasteiger partial charge in [0.15, 0.2) is 0 Å². The number of nitrogens with zero attached hydrogens (tertiary/aromatic N) is 2. The smallest absolute Gasteiger partial charge is 0.348 e. The highest BCUT2D eigenvalue weighted by molar-refractivity contribution is 7.20. The summed E-state index contributed by atoms with van der Waals surface area (Å²) >= 11 is 1.00. The van der Waals surface area contributed by atoms with Gasteiger partial charge in [0.25, 0.3) is 5.56 Å². The van der Waals surface area contributed by atoms with E-state index in [9.17, 15) is 24.3 Å². The first kappa shape index (κ1) is 22.5. The van der Waals surface area contributed by atoms with Crippen molar-refractivity contribution in [1.82, 2.24) is 9.13 Å². The molecule has 31 heavy (non-hydrogen) atoms. The molecule has 0 aliphatic rings. The Hall–Kier alpha value is -3.20. The Morgan fingerprint density at radius 1 is 1.19 bits per heavy atom. The minimum atomic E-state index is -1.04. The molecule has 0 spiro atoms. The maximum atomic E-state index is 13.0. The van der Waals surface area contributed by atoms with Gasteiger partial charge in [-0.15, -0.1) is 11.3 Å². The number of hydrogen-bond acceptors (Lipinski definition) is 6. The third kappa shape index (κ3) is 4.93. The fourth-order valence-corrected chi connectivity index (χ4v) is 4.30. The largest absolute Gasteiger partial charge is 0.481 e. The van der Waals surface area contributed by atoms with E-state index in [1.807, 2.05) is 37.3 Å². The van der Waals surface area contributed by atoms with E-state index in [4.69, 9.17) is 4.74 Å². The second kappa shape index (κ2) is 9.74. The molecule has 0 saturated heterocycles. The number of aliphatic carboxylic acids is 1. The van der Waals surface area contributed by atoms with E-state index in [-0.39, 0.29) is 23.4 Å². The lowest BCUT2D eigenvalue weighted by Crippen LogP contribution is -2.41. The monoisotopic (exact) mass is 444 g/mol. The average molecular weight is 445 g/mol. The lowest BCUT2D eigenvalue weighted by atomic mass is 10.0. The average Bonchev–Trinajstić information content (AvgIpc) is 3.22. The highest BCUT2D eigenvalue weighted by Crippen LogP contribution is 2.23. The summed E-state index contributed by atoms with van der Waals surface area (Å²) in [6.07, 6.45) is 1.87. The number of unbranched alkanes of at least 4 members (excludes halogenated alkanes) is 1. The number of fused-ring (bicyclic) bond motifs is 1. The number of carbonyl (C=O) groups is 2. The van der Waals surface area contributed by atoms with Crippen LogP contribution < -0.4 is 11.2 Å². The fourth-order valence-electron chi connectivity index (χ4n) is 3.30. The van der Waals surface area contributed by atoms with Gasteiger partial charge >= 0.3 is 17.6 Å². The van der Waals surface area contributed by atoms with Crippen molar-refractivity contribution in [2.24, 2.45) is 13.0 Å². The lowest BCUT2D eigenvalue weighted by molar-refractivity contribution is -0.142. The van der Waals surface area contributed by atoms with E-state index in [0.717, 1.165) is 27.9 Å². The summed E-state index contributed by atoms with van der Waals surface area (Å²) in [5.74, 6) is -2.47. The summed E-state index contributed by atoms with van der Waals surface area (Å²) < 4.78 is 7.54. The molecule has 0 fully saturated rings. The van der Waals surface area contributed by atoms with Gasteiger partial charge in [-0.1, -0.05) is 50.1 Å². The molecule has 0 aliphatic carbocycles. The quantitative estimate of drug-likeness (QED) is 0.509. The summed E-state index contributed by atoms with van der Waals surface area (Å²) in [4.78, 5) is 50.3. The Morgan fingerprint density at radius 2 is 1.90 bits per heavy atom. The Bertz CT molecular complexity index is 1210. The van der Waals surface area contributed by atoms with Gasteiger partial charge in [-0.2, -0.15) is 0 Å². The van der Waals surface area contributed by atoms with E-state index >= 15 is 0 Å². The van der Waals surface area contributed by atoms with Gasteiger partial charge < -0.3 is 9.84 Å². The van der Waals surface area contributed by atoms with E-state index in [2.05, 4.69) is 0 Å². The number of ether oxygens (including phenoxy) is 1. The van der Waals surface area contributed by atoms with Crippen molar-refractivity contribution in [1.29, 1.82) is 0 Å². The molecule has 0 saturated carbocycles. The molecule has 0 radical (unpaired) electrons. The van der Waals surface area contributed by atoms with Crippen LogP contribution in [0.15, 0.2) is 46.0 Å². The highest BCUT2D eigenvalue weighted by atomic mass is 32.1. The number of hydrogen-bond donors (Lipinski definition) is 1. The molecule has 2 heterocycles. The fraction of sp³-hybridized carbons (Fsp3) is 0.364. The molecule has 1 unspecified atom stereocenters. The predicted octanol–water partition coefficient (Wildman–Crippen LogP) is 3.01. The molecular formula is C22H24N2O6S. The van der Waals surface area contributed by atoms with E-state index in [1.165, 1.54) is 17.7 Å². The number of rotatable bonds is 9. The molecular weight excluding hydrogens is 420 g/mol. The van der Waals surface area contributed by atoms with Crippen LogP contribution in [0.4, 0.5) is 0 Å². The third-order valence-corrected chi connectivity index (χ3v) is 6.27. The molecule has 1 aromatic carbocycles. The Balaban J connectivity index is 1.92. The molecule has 1 N–H and O–H groups in total. The molecule has 1 atom stereocenters. The summed E-state index contributed by atoms with van der Waals surface area (Å²) in [5.41, 5.74) is -0.371. The van der Waals surface area contributed by atoms with Crippen LogP contribution in [0.5, 0.6) is 0 Å². The van der Waals surface area contributed by atoms with Gasteiger partial charge in [0.05, 0.1) is 11.3 Å². The number of aromatic nitrogens is 2. The van der Waals surface area contributed by atoms with Crippen LogP contribution in [-0.2, 0) is 29.7 Å². The second-order valence-corrected chi connectivity index (χ2v) is 8.36.